The van der Waals surface area contributed by atoms with E-state index in [1.54, 1.807) is 0 Å². The summed E-state index contributed by atoms with van der Waals surface area (Å²) in [5.41, 5.74) is 3.32. The lowest BCUT2D eigenvalue weighted by Crippen LogP contribution is -2.10. The van der Waals surface area contributed by atoms with E-state index in [4.69, 9.17) is 0 Å². The molecule has 12 heavy (non-hydrogen) atoms. The van der Waals surface area contributed by atoms with Crippen LogP contribution in [-0.2, 0) is 17.6 Å². The van der Waals surface area contributed by atoms with Gasteiger partial charge in [0.2, 0.25) is 0 Å². The Hall–Kier alpha value is -1.31. The molecule has 0 aromatic heterocycles. The van der Waals surface area contributed by atoms with Crippen molar-refractivity contribution in [3.63, 3.8) is 0 Å². The van der Waals surface area contributed by atoms with Crippen molar-refractivity contribution >= 4 is 5.97 Å². The van der Waals surface area contributed by atoms with Crippen LogP contribution in [0.2, 0.25) is 0 Å². The molecule has 0 bridgehead atoms. The third-order valence-corrected chi connectivity index (χ3v) is 2.29. The van der Waals surface area contributed by atoms with E-state index in [0.29, 0.717) is 5.56 Å². The van der Waals surface area contributed by atoms with Gasteiger partial charge in [0.1, 0.15) is 0 Å². The third kappa shape index (κ3) is 0.998. The zero-order valence-electron chi connectivity index (χ0n) is 6.96. The van der Waals surface area contributed by atoms with Gasteiger partial charge in [0, 0.05) is 0 Å². The van der Waals surface area contributed by atoms with Crippen molar-refractivity contribution in [1.29, 1.82) is 0 Å². The lowest BCUT2D eigenvalue weighted by molar-refractivity contribution is 0.0600. The van der Waals surface area contributed by atoms with E-state index in [-0.39, 0.29) is 5.97 Å². The number of aryl methyl sites for hydroxylation is 2. The summed E-state index contributed by atoms with van der Waals surface area (Å²) >= 11 is 0. The van der Waals surface area contributed by atoms with E-state index < -0.39 is 0 Å². The van der Waals surface area contributed by atoms with Crippen molar-refractivity contribution in [2.24, 2.45) is 0 Å². The second-order valence-electron chi connectivity index (χ2n) is 2.98. The quantitative estimate of drug-likeness (QED) is 0.586. The first-order valence-corrected chi connectivity index (χ1v) is 4.01. The molecule has 0 saturated carbocycles. The van der Waals surface area contributed by atoms with Crippen molar-refractivity contribution in [1.82, 2.24) is 0 Å². The first-order chi connectivity index (χ1) is 5.81. The maximum absolute atomic E-state index is 11.1. The van der Waals surface area contributed by atoms with Crippen LogP contribution in [0.15, 0.2) is 18.2 Å². The second kappa shape index (κ2) is 2.63. The van der Waals surface area contributed by atoms with Crippen LogP contribution in [0.5, 0.6) is 0 Å². The molecule has 1 aliphatic rings. The Morgan fingerprint density at radius 1 is 1.33 bits per heavy atom. The van der Waals surface area contributed by atoms with Gasteiger partial charge in [-0.1, -0.05) is 6.07 Å². The van der Waals surface area contributed by atoms with Gasteiger partial charge in [-0.15, -0.1) is 0 Å². The van der Waals surface area contributed by atoms with Crippen LogP contribution < -0.4 is 0 Å². The number of ether oxygens (including phenoxy) is 1. The van der Waals surface area contributed by atoms with Crippen LogP contribution in [0.4, 0.5) is 0 Å². The molecule has 1 aromatic carbocycles. The summed E-state index contributed by atoms with van der Waals surface area (Å²) in [6.45, 7) is 0. The average Bonchev–Trinajstić information content (AvgIpc) is 2.06. The Morgan fingerprint density at radius 2 is 2.08 bits per heavy atom. The smallest absolute Gasteiger partial charge is 0.337 e. The van der Waals surface area contributed by atoms with Gasteiger partial charge in [-0.3, -0.25) is 0 Å². The largest absolute Gasteiger partial charge is 0.465 e. The molecule has 0 aliphatic heterocycles. The van der Waals surface area contributed by atoms with E-state index in [1.165, 1.54) is 18.2 Å². The highest BCUT2D eigenvalue weighted by molar-refractivity contribution is 5.89. The Bertz CT molecular complexity index is 329. The standard InChI is InChI=1S/C10H10O2/c1-12-10(11)9-5-3-7-2-4-8(7)6-9/h3,5-6H,2,4H2,1H3. The number of hydrogen-bond donors (Lipinski definition) is 0. The Labute approximate surface area is 71.2 Å². The lowest BCUT2D eigenvalue weighted by atomic mass is 9.87. The number of carbonyl (C=O) groups excluding carboxylic acids is 1. The van der Waals surface area contributed by atoms with Crippen LogP contribution in [0, 0.1) is 0 Å². The fourth-order valence-corrected chi connectivity index (χ4v) is 1.44. The molecule has 1 aromatic rings. The molecule has 0 N–H and O–H groups in total. The molecule has 0 unspecified atom stereocenters. The minimum atomic E-state index is -0.246. The van der Waals surface area contributed by atoms with Gasteiger partial charge in [0.25, 0.3) is 0 Å². The van der Waals surface area contributed by atoms with Crippen molar-refractivity contribution in [2.75, 3.05) is 7.11 Å². The molecular formula is C10H10O2. The van der Waals surface area contributed by atoms with E-state index in [1.807, 2.05) is 18.2 Å². The fraction of sp³-hybridized carbons (Fsp3) is 0.300. The molecule has 2 heteroatoms. The number of hydrogen-bond acceptors (Lipinski definition) is 2. The van der Waals surface area contributed by atoms with Gasteiger partial charge in [0.15, 0.2) is 0 Å². The van der Waals surface area contributed by atoms with Crippen molar-refractivity contribution in [3.8, 4) is 0 Å². The first-order valence-electron chi connectivity index (χ1n) is 4.01. The van der Waals surface area contributed by atoms with Gasteiger partial charge in [-0.2, -0.15) is 0 Å². The van der Waals surface area contributed by atoms with E-state index >= 15 is 0 Å². The molecule has 62 valence electrons. The SMILES string of the molecule is COC(=O)c1ccc2c(c1)CC2. The minimum absolute atomic E-state index is 0.246. The van der Waals surface area contributed by atoms with Gasteiger partial charge >= 0.3 is 5.97 Å². The monoisotopic (exact) mass is 162 g/mol. The van der Waals surface area contributed by atoms with Crippen LogP contribution in [0.3, 0.4) is 0 Å². The molecular weight excluding hydrogens is 152 g/mol. The summed E-state index contributed by atoms with van der Waals surface area (Å²) in [4.78, 5) is 11.1. The molecule has 2 rings (SSSR count). The molecule has 0 fully saturated rings. The minimum Gasteiger partial charge on any atom is -0.465 e. The van der Waals surface area contributed by atoms with Crippen molar-refractivity contribution in [3.05, 3.63) is 34.9 Å². The van der Waals surface area contributed by atoms with Gasteiger partial charge in [0.05, 0.1) is 12.7 Å². The maximum atomic E-state index is 11.1. The summed E-state index contributed by atoms with van der Waals surface area (Å²) in [6, 6.07) is 5.75. The number of benzene rings is 1. The fourth-order valence-electron chi connectivity index (χ4n) is 1.44. The maximum Gasteiger partial charge on any atom is 0.337 e. The first kappa shape index (κ1) is 7.35. The lowest BCUT2D eigenvalue weighted by Gasteiger charge is -2.18. The molecule has 1 aliphatic carbocycles. The molecule has 0 heterocycles. The highest BCUT2D eigenvalue weighted by Gasteiger charge is 2.15. The molecule has 0 radical (unpaired) electrons. The average molecular weight is 162 g/mol. The highest BCUT2D eigenvalue weighted by atomic mass is 16.5. The zero-order chi connectivity index (χ0) is 8.55. The van der Waals surface area contributed by atoms with E-state index in [9.17, 15) is 4.79 Å². The molecule has 0 saturated heterocycles. The summed E-state index contributed by atoms with van der Waals surface area (Å²) in [6.07, 6.45) is 2.25. The van der Waals surface area contributed by atoms with Crippen LogP contribution in [0.1, 0.15) is 21.5 Å². The molecule has 0 spiro atoms. The van der Waals surface area contributed by atoms with Crippen LogP contribution >= 0.6 is 0 Å². The summed E-state index contributed by atoms with van der Waals surface area (Å²) in [5.74, 6) is -0.246. The predicted octanol–water partition coefficient (Wildman–Crippen LogP) is 1.57. The Balaban J connectivity index is 2.35. The Morgan fingerprint density at radius 3 is 2.58 bits per heavy atom. The van der Waals surface area contributed by atoms with E-state index in [2.05, 4.69) is 4.74 Å². The summed E-state index contributed by atoms with van der Waals surface area (Å²) < 4.78 is 4.62. The number of rotatable bonds is 1. The number of methoxy groups -OCH3 is 1. The van der Waals surface area contributed by atoms with Crippen LogP contribution in [-0.4, -0.2) is 13.1 Å². The molecule has 2 nitrogen and oxygen atoms in total. The normalized spacial score (nSPS) is 13.1. The van der Waals surface area contributed by atoms with Crippen molar-refractivity contribution in [2.45, 2.75) is 12.8 Å². The van der Waals surface area contributed by atoms with Crippen molar-refractivity contribution < 1.29 is 9.53 Å². The topological polar surface area (TPSA) is 26.3 Å². The zero-order valence-corrected chi connectivity index (χ0v) is 6.96. The molecule has 0 amide bonds. The van der Waals surface area contributed by atoms with E-state index in [0.717, 1.165) is 12.8 Å². The molecule has 0 atom stereocenters. The second-order valence-corrected chi connectivity index (χ2v) is 2.98. The predicted molar refractivity (Wildman–Crippen MR) is 45.2 cm³/mol. The summed E-state index contributed by atoms with van der Waals surface area (Å²) in [5, 5.41) is 0. The number of esters is 1. The van der Waals surface area contributed by atoms with Gasteiger partial charge in [-0.05, 0) is 36.1 Å². The van der Waals surface area contributed by atoms with Gasteiger partial charge in [-0.25, -0.2) is 4.79 Å². The summed E-state index contributed by atoms with van der Waals surface area (Å²) in [7, 11) is 1.40. The van der Waals surface area contributed by atoms with Gasteiger partial charge < -0.3 is 4.74 Å². The van der Waals surface area contributed by atoms with Crippen LogP contribution in [0.25, 0.3) is 0 Å². The number of fused-ring (bicyclic) bond motifs is 1. The third-order valence-electron chi connectivity index (χ3n) is 2.29. The Kier molecular flexibility index (Phi) is 1.61. The highest BCUT2D eigenvalue weighted by Crippen LogP contribution is 2.23. The number of carbonyl (C=O) groups is 1.